The van der Waals surface area contributed by atoms with Crippen molar-refractivity contribution in [3.8, 4) is 0 Å². The van der Waals surface area contributed by atoms with E-state index in [9.17, 15) is 9.59 Å². The van der Waals surface area contributed by atoms with Crippen LogP contribution >= 0.6 is 0 Å². The lowest BCUT2D eigenvalue weighted by Gasteiger charge is -2.37. The summed E-state index contributed by atoms with van der Waals surface area (Å²) < 4.78 is 16.6. The zero-order valence-electron chi connectivity index (χ0n) is 14.8. The topological polar surface area (TPSA) is 69.0 Å². The van der Waals surface area contributed by atoms with Crippen LogP contribution in [0.15, 0.2) is 15.3 Å². The molecule has 2 saturated heterocycles. The first-order valence-electron chi connectivity index (χ1n) is 9.16. The SMILES string of the molecule is COC1[C@@H]2CC[C@H]1CN(C(=O)c1c(C)cc(C3CCCO3)oc1=O)C2. The standard InChI is InChI=1S/C19H25NO5/c1-11-8-15(14-4-3-7-24-14)25-19(22)16(11)18(21)20-9-12-5-6-13(10-20)17(12)23-2/h8,12-14,17H,3-7,9-10H2,1-2H3/t12-,13+,14?,17?. The zero-order valence-corrected chi connectivity index (χ0v) is 14.8. The third-order valence-corrected chi connectivity index (χ3v) is 5.94. The Hall–Kier alpha value is -1.66. The van der Waals surface area contributed by atoms with Gasteiger partial charge in [0, 0.05) is 38.6 Å². The van der Waals surface area contributed by atoms with Crippen LogP contribution in [0.4, 0.5) is 0 Å². The van der Waals surface area contributed by atoms with Gasteiger partial charge >= 0.3 is 5.63 Å². The number of aryl methyl sites for hydroxylation is 1. The molecular formula is C19H25NO5. The Bertz CT molecular complexity index is 707. The minimum atomic E-state index is -0.545. The van der Waals surface area contributed by atoms with E-state index in [2.05, 4.69) is 0 Å². The van der Waals surface area contributed by atoms with Crippen LogP contribution in [0.3, 0.4) is 0 Å². The van der Waals surface area contributed by atoms with E-state index in [1.165, 1.54) is 0 Å². The maximum atomic E-state index is 13.0. The number of carbonyl (C=O) groups is 1. The number of hydrogen-bond donors (Lipinski definition) is 0. The molecule has 0 aromatic carbocycles. The minimum Gasteiger partial charge on any atom is -0.424 e. The second kappa shape index (κ2) is 6.57. The molecular weight excluding hydrogens is 322 g/mol. The maximum Gasteiger partial charge on any atom is 0.349 e. The molecule has 3 fully saturated rings. The number of likely N-dealkylation sites (tertiary alicyclic amines) is 1. The van der Waals surface area contributed by atoms with E-state index in [1.807, 2.05) is 4.90 Å². The van der Waals surface area contributed by atoms with E-state index in [0.717, 1.165) is 25.7 Å². The molecule has 1 saturated carbocycles. The highest BCUT2D eigenvalue weighted by molar-refractivity contribution is 5.95. The molecule has 4 atom stereocenters. The number of carbonyl (C=O) groups excluding carboxylic acids is 1. The van der Waals surface area contributed by atoms with Crippen LogP contribution < -0.4 is 5.63 Å². The van der Waals surface area contributed by atoms with Crippen molar-refractivity contribution in [1.82, 2.24) is 4.90 Å². The molecule has 1 amide bonds. The summed E-state index contributed by atoms with van der Waals surface area (Å²) >= 11 is 0. The lowest BCUT2D eigenvalue weighted by atomic mass is 9.94. The molecule has 2 aliphatic heterocycles. The number of hydrogen-bond acceptors (Lipinski definition) is 5. The van der Waals surface area contributed by atoms with Crippen LogP contribution in [0.25, 0.3) is 0 Å². The highest BCUT2D eigenvalue weighted by Gasteiger charge is 2.44. The summed E-state index contributed by atoms with van der Waals surface area (Å²) in [6.07, 6.45) is 4.05. The van der Waals surface area contributed by atoms with Gasteiger partial charge in [0.1, 0.15) is 17.4 Å². The average molecular weight is 347 g/mol. The van der Waals surface area contributed by atoms with Gasteiger partial charge in [-0.1, -0.05) is 0 Å². The molecule has 0 N–H and O–H groups in total. The third kappa shape index (κ3) is 2.91. The first-order chi connectivity index (χ1) is 12.1. The van der Waals surface area contributed by atoms with Gasteiger partial charge in [-0.2, -0.15) is 0 Å². The molecule has 2 bridgehead atoms. The van der Waals surface area contributed by atoms with Crippen molar-refractivity contribution >= 4 is 5.91 Å². The Morgan fingerprint density at radius 2 is 1.96 bits per heavy atom. The van der Waals surface area contributed by atoms with Crippen LogP contribution in [-0.4, -0.2) is 43.7 Å². The van der Waals surface area contributed by atoms with Crippen LogP contribution in [0, 0.1) is 18.8 Å². The predicted octanol–water partition coefficient (Wildman–Crippen LogP) is 2.30. The molecule has 3 heterocycles. The van der Waals surface area contributed by atoms with Crippen molar-refractivity contribution in [2.24, 2.45) is 11.8 Å². The molecule has 1 aromatic heterocycles. The van der Waals surface area contributed by atoms with Gasteiger partial charge < -0.3 is 18.8 Å². The third-order valence-electron chi connectivity index (χ3n) is 5.94. The lowest BCUT2D eigenvalue weighted by Crippen LogP contribution is -2.49. The summed E-state index contributed by atoms with van der Waals surface area (Å²) in [5, 5.41) is 0. The number of nitrogens with zero attached hydrogens (tertiary/aromatic N) is 1. The fourth-order valence-electron chi connectivity index (χ4n) is 4.73. The smallest absolute Gasteiger partial charge is 0.349 e. The number of piperidine rings is 1. The van der Waals surface area contributed by atoms with Crippen LogP contribution in [-0.2, 0) is 9.47 Å². The van der Waals surface area contributed by atoms with Crippen molar-refractivity contribution in [1.29, 1.82) is 0 Å². The van der Waals surface area contributed by atoms with E-state index >= 15 is 0 Å². The van der Waals surface area contributed by atoms with Crippen molar-refractivity contribution in [3.63, 3.8) is 0 Å². The zero-order chi connectivity index (χ0) is 17.6. The lowest BCUT2D eigenvalue weighted by molar-refractivity contribution is -0.0115. The van der Waals surface area contributed by atoms with Gasteiger partial charge in [0.15, 0.2) is 0 Å². The number of ether oxygens (including phenoxy) is 2. The number of fused-ring (bicyclic) bond motifs is 2. The largest absolute Gasteiger partial charge is 0.424 e. The molecule has 0 spiro atoms. The molecule has 25 heavy (non-hydrogen) atoms. The normalized spacial score (nSPS) is 31.5. The van der Waals surface area contributed by atoms with Crippen molar-refractivity contribution < 1.29 is 18.7 Å². The van der Waals surface area contributed by atoms with E-state index < -0.39 is 5.63 Å². The van der Waals surface area contributed by atoms with Crippen LogP contribution in [0.1, 0.15) is 53.5 Å². The van der Waals surface area contributed by atoms with Crippen molar-refractivity contribution in [2.75, 3.05) is 26.8 Å². The molecule has 1 aromatic rings. The fourth-order valence-corrected chi connectivity index (χ4v) is 4.73. The summed E-state index contributed by atoms with van der Waals surface area (Å²) in [6, 6.07) is 1.79. The van der Waals surface area contributed by atoms with Gasteiger partial charge in [0.05, 0.1) is 6.10 Å². The Balaban J connectivity index is 1.57. The van der Waals surface area contributed by atoms with Crippen LogP contribution in [0.5, 0.6) is 0 Å². The highest BCUT2D eigenvalue weighted by atomic mass is 16.5. The molecule has 6 nitrogen and oxygen atoms in total. The monoisotopic (exact) mass is 347 g/mol. The second-order valence-electron chi connectivity index (χ2n) is 7.50. The molecule has 3 aliphatic rings. The van der Waals surface area contributed by atoms with Gasteiger partial charge in [0.25, 0.3) is 5.91 Å². The van der Waals surface area contributed by atoms with E-state index in [1.54, 1.807) is 20.1 Å². The molecule has 4 rings (SSSR count). The van der Waals surface area contributed by atoms with Gasteiger partial charge in [-0.3, -0.25) is 4.79 Å². The Morgan fingerprint density at radius 3 is 2.52 bits per heavy atom. The van der Waals surface area contributed by atoms with E-state index in [0.29, 0.717) is 42.9 Å². The van der Waals surface area contributed by atoms with Gasteiger partial charge in [-0.05, 0) is 44.2 Å². The summed E-state index contributed by atoms with van der Waals surface area (Å²) in [5.74, 6) is 1.06. The number of methoxy groups -OCH3 is 1. The molecule has 0 radical (unpaired) electrons. The summed E-state index contributed by atoms with van der Waals surface area (Å²) in [6.45, 7) is 3.80. The summed E-state index contributed by atoms with van der Waals surface area (Å²) in [7, 11) is 1.75. The van der Waals surface area contributed by atoms with Gasteiger partial charge in [-0.25, -0.2) is 4.79 Å². The highest BCUT2D eigenvalue weighted by Crippen LogP contribution is 2.39. The van der Waals surface area contributed by atoms with Crippen LogP contribution in [0.2, 0.25) is 0 Å². The van der Waals surface area contributed by atoms with Gasteiger partial charge in [-0.15, -0.1) is 0 Å². The molecule has 136 valence electrons. The molecule has 1 aliphatic carbocycles. The summed E-state index contributed by atoms with van der Waals surface area (Å²) in [4.78, 5) is 27.3. The number of rotatable bonds is 3. The second-order valence-corrected chi connectivity index (χ2v) is 7.50. The average Bonchev–Trinajstić information content (AvgIpc) is 3.20. The molecule has 2 unspecified atom stereocenters. The van der Waals surface area contributed by atoms with Crippen molar-refractivity contribution in [2.45, 2.75) is 44.8 Å². The fraction of sp³-hybridized carbons (Fsp3) is 0.684. The quantitative estimate of drug-likeness (QED) is 0.839. The predicted molar refractivity (Wildman–Crippen MR) is 90.6 cm³/mol. The van der Waals surface area contributed by atoms with Crippen molar-refractivity contribution in [3.05, 3.63) is 33.4 Å². The number of amides is 1. The Labute approximate surface area is 147 Å². The first-order valence-corrected chi connectivity index (χ1v) is 9.16. The molecule has 6 heteroatoms. The Kier molecular flexibility index (Phi) is 4.41. The van der Waals surface area contributed by atoms with E-state index in [-0.39, 0.29) is 23.7 Å². The summed E-state index contributed by atoms with van der Waals surface area (Å²) in [5.41, 5.74) is 0.293. The minimum absolute atomic E-state index is 0.163. The maximum absolute atomic E-state index is 13.0. The van der Waals surface area contributed by atoms with E-state index in [4.69, 9.17) is 13.9 Å². The first kappa shape index (κ1) is 16.8. The van der Waals surface area contributed by atoms with Gasteiger partial charge in [0.2, 0.25) is 0 Å². The Morgan fingerprint density at radius 1 is 1.24 bits per heavy atom.